The zero-order valence-corrected chi connectivity index (χ0v) is 19.8. The third-order valence-corrected chi connectivity index (χ3v) is 11.0. The van der Waals surface area contributed by atoms with Gasteiger partial charge in [-0.15, -0.1) is 0 Å². The van der Waals surface area contributed by atoms with Crippen molar-refractivity contribution in [2.75, 3.05) is 26.7 Å². The molecule has 5 atom stereocenters. The van der Waals surface area contributed by atoms with E-state index in [-0.39, 0.29) is 29.9 Å². The molecule has 1 amide bonds. The standard InChI is InChI=1S/C25H36N2O4S/c1-26(23-8-7-18-13-20-15-25(14-18,17-28)16-22(20)23)24(29)19-9-11-27(12-10-19)32(30,31)21-5-3-2-4-6-21/h2-6,18-20,22-23,28H,7-17H2,1H3/t18?,20-,22?,23?,25?/m1/s1. The molecule has 0 spiro atoms. The quantitative estimate of drug-likeness (QED) is 0.732. The molecule has 4 fully saturated rings. The summed E-state index contributed by atoms with van der Waals surface area (Å²) in [4.78, 5) is 15.8. The van der Waals surface area contributed by atoms with E-state index >= 15 is 0 Å². The predicted octanol–water partition coefficient (Wildman–Crippen LogP) is 3.12. The second-order valence-corrected chi connectivity index (χ2v) is 12.8. The van der Waals surface area contributed by atoms with Crippen LogP contribution >= 0.6 is 0 Å². The van der Waals surface area contributed by atoms with Gasteiger partial charge in [-0.2, -0.15) is 4.31 Å². The molecule has 0 aromatic heterocycles. The van der Waals surface area contributed by atoms with Gasteiger partial charge in [-0.05, 0) is 86.7 Å². The highest BCUT2D eigenvalue weighted by Crippen LogP contribution is 2.60. The van der Waals surface area contributed by atoms with Crippen LogP contribution in [0.4, 0.5) is 0 Å². The van der Waals surface area contributed by atoms with Gasteiger partial charge in [0.25, 0.3) is 0 Å². The lowest BCUT2D eigenvalue weighted by atomic mass is 9.70. The van der Waals surface area contributed by atoms with E-state index in [0.717, 1.165) is 32.1 Å². The van der Waals surface area contributed by atoms with E-state index in [1.54, 1.807) is 24.3 Å². The first-order valence-electron chi connectivity index (χ1n) is 12.3. The van der Waals surface area contributed by atoms with Crippen LogP contribution in [0.3, 0.4) is 0 Å². The normalized spacial score (nSPS) is 35.6. The van der Waals surface area contributed by atoms with Gasteiger partial charge < -0.3 is 10.0 Å². The Bertz CT molecular complexity index is 944. The van der Waals surface area contributed by atoms with Crippen LogP contribution in [0.2, 0.25) is 0 Å². The summed E-state index contributed by atoms with van der Waals surface area (Å²) in [7, 11) is -1.52. The molecule has 1 aromatic rings. The largest absolute Gasteiger partial charge is 0.396 e. The van der Waals surface area contributed by atoms with Crippen molar-refractivity contribution in [1.29, 1.82) is 0 Å². The van der Waals surface area contributed by atoms with Gasteiger partial charge in [0.1, 0.15) is 0 Å². The maximum Gasteiger partial charge on any atom is 0.243 e. The Morgan fingerprint density at radius 2 is 1.81 bits per heavy atom. The van der Waals surface area contributed by atoms with E-state index in [4.69, 9.17) is 0 Å². The number of benzene rings is 1. The summed E-state index contributed by atoms with van der Waals surface area (Å²) in [5, 5.41) is 10.1. The van der Waals surface area contributed by atoms with E-state index < -0.39 is 10.0 Å². The lowest BCUT2D eigenvalue weighted by molar-refractivity contribution is -0.139. The van der Waals surface area contributed by atoms with Gasteiger partial charge in [0.05, 0.1) is 4.90 Å². The number of fused-ring (bicyclic) bond motifs is 2. The molecule has 4 unspecified atom stereocenters. The molecule has 1 N–H and O–H groups in total. The van der Waals surface area contributed by atoms with Crippen molar-refractivity contribution in [3.63, 3.8) is 0 Å². The zero-order chi connectivity index (χ0) is 22.5. The Morgan fingerprint density at radius 3 is 2.50 bits per heavy atom. The number of sulfonamides is 1. The van der Waals surface area contributed by atoms with Gasteiger partial charge in [-0.25, -0.2) is 8.42 Å². The van der Waals surface area contributed by atoms with Gasteiger partial charge >= 0.3 is 0 Å². The smallest absolute Gasteiger partial charge is 0.243 e. The number of nitrogens with zero attached hydrogens (tertiary/aromatic N) is 2. The van der Waals surface area contributed by atoms with Crippen LogP contribution in [0, 0.1) is 29.1 Å². The molecule has 7 heteroatoms. The Balaban J connectivity index is 1.24. The van der Waals surface area contributed by atoms with E-state index in [1.807, 2.05) is 18.0 Å². The lowest BCUT2D eigenvalue weighted by Gasteiger charge is -2.39. The number of amides is 1. The lowest BCUT2D eigenvalue weighted by Crippen LogP contribution is -2.48. The van der Waals surface area contributed by atoms with Gasteiger partial charge in [-0.3, -0.25) is 4.79 Å². The van der Waals surface area contributed by atoms with Crippen LogP contribution in [0.25, 0.3) is 0 Å². The maximum atomic E-state index is 13.5. The summed E-state index contributed by atoms with van der Waals surface area (Å²) in [6.45, 7) is 1.08. The Labute approximate surface area is 192 Å². The first-order valence-corrected chi connectivity index (χ1v) is 13.7. The van der Waals surface area contributed by atoms with Crippen LogP contribution < -0.4 is 0 Å². The van der Waals surface area contributed by atoms with E-state index in [1.165, 1.54) is 10.7 Å². The average Bonchev–Trinajstić information content (AvgIpc) is 3.02. The number of aliphatic hydroxyl groups excluding tert-OH is 1. The second-order valence-electron chi connectivity index (χ2n) is 10.9. The molecule has 5 rings (SSSR count). The fraction of sp³-hybridized carbons (Fsp3) is 0.720. The molecule has 1 aromatic carbocycles. The number of carbonyl (C=O) groups excluding carboxylic acids is 1. The number of piperidine rings is 1. The summed E-state index contributed by atoms with van der Waals surface area (Å²) >= 11 is 0. The Hall–Kier alpha value is -1.44. The number of carbonyl (C=O) groups is 1. The molecular formula is C25H36N2O4S. The highest BCUT2D eigenvalue weighted by molar-refractivity contribution is 7.89. The molecule has 32 heavy (non-hydrogen) atoms. The first kappa shape index (κ1) is 22.4. The molecule has 1 aliphatic heterocycles. The van der Waals surface area contributed by atoms with Crippen LogP contribution in [-0.2, 0) is 14.8 Å². The highest BCUT2D eigenvalue weighted by atomic mass is 32.2. The third-order valence-electron chi connectivity index (χ3n) is 9.06. The fourth-order valence-electron chi connectivity index (χ4n) is 7.51. The van der Waals surface area contributed by atoms with Gasteiger partial charge in [0.15, 0.2) is 0 Å². The monoisotopic (exact) mass is 460 g/mol. The second kappa shape index (κ2) is 8.41. The number of aliphatic hydroxyl groups is 1. The van der Waals surface area contributed by atoms with E-state index in [2.05, 4.69) is 0 Å². The third kappa shape index (κ3) is 3.80. The zero-order valence-electron chi connectivity index (χ0n) is 19.0. The van der Waals surface area contributed by atoms with Crippen molar-refractivity contribution >= 4 is 15.9 Å². The van der Waals surface area contributed by atoms with Crippen LogP contribution in [0.15, 0.2) is 35.2 Å². The summed E-state index contributed by atoms with van der Waals surface area (Å²) in [5.41, 5.74) is 0.0952. The number of hydrogen-bond acceptors (Lipinski definition) is 4. The van der Waals surface area contributed by atoms with Crippen molar-refractivity contribution in [2.45, 2.75) is 62.3 Å². The molecule has 0 radical (unpaired) electrons. The van der Waals surface area contributed by atoms with E-state index in [0.29, 0.717) is 48.6 Å². The van der Waals surface area contributed by atoms with Crippen LogP contribution in [0.1, 0.15) is 51.4 Å². The van der Waals surface area contributed by atoms with Crippen molar-refractivity contribution in [1.82, 2.24) is 9.21 Å². The van der Waals surface area contributed by atoms with Crippen molar-refractivity contribution < 1.29 is 18.3 Å². The van der Waals surface area contributed by atoms with Crippen molar-refractivity contribution in [3.8, 4) is 0 Å². The van der Waals surface area contributed by atoms with Gasteiger partial charge in [0, 0.05) is 38.7 Å². The molecule has 1 heterocycles. The summed E-state index contributed by atoms with van der Waals surface area (Å²) in [6.07, 6.45) is 8.00. The maximum absolute atomic E-state index is 13.5. The molecule has 1 saturated heterocycles. The topological polar surface area (TPSA) is 77.9 Å². The SMILES string of the molecule is CN(C(=O)C1CCN(S(=O)(=O)c2ccccc2)CC1)C1CCC2C[C@@H]3CC(CO)(C2)CC13. The Kier molecular flexibility index (Phi) is 5.87. The van der Waals surface area contributed by atoms with Crippen LogP contribution in [-0.4, -0.2) is 61.4 Å². The van der Waals surface area contributed by atoms with Gasteiger partial charge in [-0.1, -0.05) is 18.2 Å². The minimum absolute atomic E-state index is 0.0952. The average molecular weight is 461 g/mol. The van der Waals surface area contributed by atoms with Crippen molar-refractivity contribution in [2.24, 2.45) is 29.1 Å². The van der Waals surface area contributed by atoms with Crippen molar-refractivity contribution in [3.05, 3.63) is 30.3 Å². The highest BCUT2D eigenvalue weighted by Gasteiger charge is 2.55. The summed E-state index contributed by atoms with van der Waals surface area (Å²) < 4.78 is 27.4. The molecule has 3 aliphatic carbocycles. The molecule has 6 nitrogen and oxygen atoms in total. The molecule has 4 aliphatic rings. The molecule has 176 valence electrons. The minimum atomic E-state index is -3.49. The Morgan fingerprint density at radius 1 is 1.09 bits per heavy atom. The predicted molar refractivity (Wildman–Crippen MR) is 122 cm³/mol. The first-order chi connectivity index (χ1) is 15.3. The summed E-state index contributed by atoms with van der Waals surface area (Å²) in [5.74, 6) is 1.92. The minimum Gasteiger partial charge on any atom is -0.396 e. The van der Waals surface area contributed by atoms with Crippen LogP contribution in [0.5, 0.6) is 0 Å². The molecular weight excluding hydrogens is 424 g/mol. The fourth-order valence-corrected chi connectivity index (χ4v) is 9.00. The summed E-state index contributed by atoms with van der Waals surface area (Å²) in [6, 6.07) is 8.83. The number of hydrogen-bond donors (Lipinski definition) is 1. The number of rotatable bonds is 5. The van der Waals surface area contributed by atoms with Gasteiger partial charge in [0.2, 0.25) is 15.9 Å². The van der Waals surface area contributed by atoms with E-state index in [9.17, 15) is 18.3 Å². The molecule has 3 saturated carbocycles. The molecule has 3 bridgehead atoms.